The standard InChI is InChI=1S/C21H31FN2O2/c1-3-15(4-2)20(24-9-11-26-12-10-24)14-23-21(25)19-13-18(19)16-5-7-17(22)8-6-16/h5-8,15,18-20H,3-4,9-14H2,1-2H3,(H,23,25). The highest BCUT2D eigenvalue weighted by atomic mass is 19.1. The van der Waals surface area contributed by atoms with E-state index in [1.165, 1.54) is 12.1 Å². The van der Waals surface area contributed by atoms with Crippen LogP contribution in [0.25, 0.3) is 0 Å². The van der Waals surface area contributed by atoms with Crippen molar-refractivity contribution in [2.45, 2.75) is 45.1 Å². The molecule has 26 heavy (non-hydrogen) atoms. The Labute approximate surface area is 156 Å². The summed E-state index contributed by atoms with van der Waals surface area (Å²) in [5.74, 6) is 0.774. The predicted octanol–water partition coefficient (Wildman–Crippen LogP) is 3.18. The average molecular weight is 362 g/mol. The molecule has 0 radical (unpaired) electrons. The van der Waals surface area contributed by atoms with Gasteiger partial charge in [0, 0.05) is 31.6 Å². The lowest BCUT2D eigenvalue weighted by atomic mass is 9.92. The van der Waals surface area contributed by atoms with Gasteiger partial charge in [0.15, 0.2) is 0 Å². The van der Waals surface area contributed by atoms with Crippen molar-refractivity contribution in [3.05, 3.63) is 35.6 Å². The maximum atomic E-state index is 13.1. The highest BCUT2D eigenvalue weighted by Gasteiger charge is 2.44. The van der Waals surface area contributed by atoms with E-state index in [0.717, 1.165) is 51.1 Å². The van der Waals surface area contributed by atoms with Crippen molar-refractivity contribution in [2.24, 2.45) is 11.8 Å². The Hall–Kier alpha value is -1.46. The third kappa shape index (κ3) is 4.63. The number of carbonyl (C=O) groups is 1. The van der Waals surface area contributed by atoms with Crippen molar-refractivity contribution in [3.8, 4) is 0 Å². The quantitative estimate of drug-likeness (QED) is 0.772. The lowest BCUT2D eigenvalue weighted by Gasteiger charge is -2.38. The maximum absolute atomic E-state index is 13.1. The Bertz CT molecular complexity index is 582. The van der Waals surface area contributed by atoms with E-state index in [4.69, 9.17) is 4.74 Å². The number of nitrogens with zero attached hydrogens (tertiary/aromatic N) is 1. The normalized spacial score (nSPS) is 24.5. The van der Waals surface area contributed by atoms with Crippen LogP contribution in [0, 0.1) is 17.7 Å². The van der Waals surface area contributed by atoms with E-state index in [9.17, 15) is 9.18 Å². The molecule has 1 aliphatic carbocycles. The van der Waals surface area contributed by atoms with Crippen LogP contribution in [0.15, 0.2) is 24.3 Å². The Morgan fingerprint density at radius 1 is 1.23 bits per heavy atom. The van der Waals surface area contributed by atoms with Crippen molar-refractivity contribution in [1.82, 2.24) is 10.2 Å². The SMILES string of the molecule is CCC(CC)C(CNC(=O)C1CC1c1ccc(F)cc1)N1CCOCC1. The van der Waals surface area contributed by atoms with Gasteiger partial charge in [0.2, 0.25) is 5.91 Å². The number of ether oxygens (including phenoxy) is 1. The van der Waals surface area contributed by atoms with Crippen LogP contribution in [0.5, 0.6) is 0 Å². The van der Waals surface area contributed by atoms with Gasteiger partial charge in [-0.2, -0.15) is 0 Å². The topological polar surface area (TPSA) is 41.6 Å². The molecule has 1 heterocycles. The van der Waals surface area contributed by atoms with Crippen LogP contribution in [-0.4, -0.2) is 49.7 Å². The number of morpholine rings is 1. The molecule has 1 saturated carbocycles. The molecule has 0 aromatic heterocycles. The number of amides is 1. The van der Waals surface area contributed by atoms with Gasteiger partial charge in [-0.1, -0.05) is 38.8 Å². The third-order valence-electron chi connectivity index (χ3n) is 6.02. The maximum Gasteiger partial charge on any atom is 0.223 e. The van der Waals surface area contributed by atoms with Crippen LogP contribution in [0.4, 0.5) is 4.39 Å². The zero-order valence-corrected chi connectivity index (χ0v) is 15.9. The highest BCUT2D eigenvalue weighted by Crippen LogP contribution is 2.47. The van der Waals surface area contributed by atoms with E-state index < -0.39 is 0 Å². The first-order valence-electron chi connectivity index (χ1n) is 9.99. The van der Waals surface area contributed by atoms with E-state index in [1.54, 1.807) is 12.1 Å². The van der Waals surface area contributed by atoms with Crippen LogP contribution in [0.2, 0.25) is 0 Å². The Balaban J connectivity index is 1.55. The minimum atomic E-state index is -0.228. The van der Waals surface area contributed by atoms with Crippen LogP contribution < -0.4 is 5.32 Å². The Morgan fingerprint density at radius 3 is 2.50 bits per heavy atom. The summed E-state index contributed by atoms with van der Waals surface area (Å²) >= 11 is 0. The molecule has 3 unspecified atom stereocenters. The van der Waals surface area contributed by atoms with Gasteiger partial charge in [0.25, 0.3) is 0 Å². The molecule has 4 nitrogen and oxygen atoms in total. The molecular weight excluding hydrogens is 331 g/mol. The zero-order valence-electron chi connectivity index (χ0n) is 15.9. The first kappa shape index (κ1) is 19.3. The summed E-state index contributed by atoms with van der Waals surface area (Å²) in [6.45, 7) is 8.61. The smallest absolute Gasteiger partial charge is 0.223 e. The summed E-state index contributed by atoms with van der Waals surface area (Å²) in [5.41, 5.74) is 1.07. The molecule has 5 heteroatoms. The summed E-state index contributed by atoms with van der Waals surface area (Å²) in [5, 5.41) is 3.21. The van der Waals surface area contributed by atoms with Gasteiger partial charge in [-0.3, -0.25) is 9.69 Å². The summed E-state index contributed by atoms with van der Waals surface area (Å²) in [7, 11) is 0. The lowest BCUT2D eigenvalue weighted by molar-refractivity contribution is -0.122. The van der Waals surface area contributed by atoms with Gasteiger partial charge in [-0.25, -0.2) is 4.39 Å². The molecule has 0 bridgehead atoms. The van der Waals surface area contributed by atoms with Gasteiger partial charge in [-0.15, -0.1) is 0 Å². The minimum absolute atomic E-state index is 0.0347. The summed E-state index contributed by atoms with van der Waals surface area (Å²) in [4.78, 5) is 15.1. The second kappa shape index (κ2) is 8.96. The van der Waals surface area contributed by atoms with E-state index in [-0.39, 0.29) is 23.6 Å². The number of hydrogen-bond donors (Lipinski definition) is 1. The molecule has 1 aromatic rings. The number of rotatable bonds is 8. The van der Waals surface area contributed by atoms with E-state index in [2.05, 4.69) is 24.1 Å². The van der Waals surface area contributed by atoms with Crippen LogP contribution >= 0.6 is 0 Å². The van der Waals surface area contributed by atoms with Crippen molar-refractivity contribution in [2.75, 3.05) is 32.8 Å². The molecule has 1 amide bonds. The number of carbonyl (C=O) groups excluding carboxylic acids is 1. The Kier molecular flexibility index (Phi) is 6.65. The van der Waals surface area contributed by atoms with Gasteiger partial charge in [0.1, 0.15) is 5.82 Å². The molecule has 1 N–H and O–H groups in total. The van der Waals surface area contributed by atoms with E-state index in [0.29, 0.717) is 18.5 Å². The number of benzene rings is 1. The number of hydrogen-bond acceptors (Lipinski definition) is 3. The van der Waals surface area contributed by atoms with Crippen molar-refractivity contribution < 1.29 is 13.9 Å². The van der Waals surface area contributed by atoms with Crippen molar-refractivity contribution in [1.29, 1.82) is 0 Å². The van der Waals surface area contributed by atoms with Gasteiger partial charge >= 0.3 is 0 Å². The predicted molar refractivity (Wildman–Crippen MR) is 101 cm³/mol. The second-order valence-corrected chi connectivity index (χ2v) is 7.54. The molecular formula is C21H31FN2O2. The molecule has 0 spiro atoms. The molecule has 1 aliphatic heterocycles. The lowest BCUT2D eigenvalue weighted by Crippen LogP contribution is -2.52. The molecule has 3 rings (SSSR count). The molecule has 2 fully saturated rings. The van der Waals surface area contributed by atoms with E-state index >= 15 is 0 Å². The first-order valence-corrected chi connectivity index (χ1v) is 9.99. The zero-order chi connectivity index (χ0) is 18.5. The fourth-order valence-corrected chi connectivity index (χ4v) is 4.24. The number of halogens is 1. The first-order chi connectivity index (χ1) is 12.6. The summed E-state index contributed by atoms with van der Waals surface area (Å²) in [6, 6.07) is 6.93. The molecule has 3 atom stereocenters. The summed E-state index contributed by atoms with van der Waals surface area (Å²) in [6.07, 6.45) is 3.11. The van der Waals surface area contributed by atoms with Crippen molar-refractivity contribution in [3.63, 3.8) is 0 Å². The van der Waals surface area contributed by atoms with Crippen LogP contribution in [0.3, 0.4) is 0 Å². The molecule has 2 aliphatic rings. The highest BCUT2D eigenvalue weighted by molar-refractivity contribution is 5.82. The van der Waals surface area contributed by atoms with Gasteiger partial charge in [0.05, 0.1) is 13.2 Å². The van der Waals surface area contributed by atoms with Crippen molar-refractivity contribution >= 4 is 5.91 Å². The van der Waals surface area contributed by atoms with Crippen LogP contribution in [-0.2, 0) is 9.53 Å². The van der Waals surface area contributed by atoms with Gasteiger partial charge < -0.3 is 10.1 Å². The molecule has 1 saturated heterocycles. The Morgan fingerprint density at radius 2 is 1.88 bits per heavy atom. The van der Waals surface area contributed by atoms with E-state index in [1.807, 2.05) is 0 Å². The summed E-state index contributed by atoms with van der Waals surface area (Å²) < 4.78 is 18.5. The van der Waals surface area contributed by atoms with Crippen LogP contribution in [0.1, 0.15) is 44.6 Å². The van der Waals surface area contributed by atoms with Gasteiger partial charge in [-0.05, 0) is 36.0 Å². The molecule has 144 valence electrons. The minimum Gasteiger partial charge on any atom is -0.379 e. The second-order valence-electron chi connectivity index (χ2n) is 7.54. The monoisotopic (exact) mass is 362 g/mol. The number of nitrogens with one attached hydrogen (secondary N) is 1. The average Bonchev–Trinajstić information content (AvgIpc) is 3.47. The fourth-order valence-electron chi connectivity index (χ4n) is 4.24. The molecule has 1 aromatic carbocycles. The largest absolute Gasteiger partial charge is 0.379 e. The third-order valence-corrected chi connectivity index (χ3v) is 6.02. The fraction of sp³-hybridized carbons (Fsp3) is 0.667.